The van der Waals surface area contributed by atoms with E-state index in [1.165, 1.54) is 4.68 Å². The topological polar surface area (TPSA) is 73.2 Å². The van der Waals surface area contributed by atoms with Crippen molar-refractivity contribution >= 4 is 5.91 Å². The second-order valence-electron chi connectivity index (χ2n) is 5.74. The van der Waals surface area contributed by atoms with Gasteiger partial charge in [-0.15, -0.1) is 0 Å². The molecule has 21 heavy (non-hydrogen) atoms. The van der Waals surface area contributed by atoms with Crippen LogP contribution in [0.15, 0.2) is 10.9 Å². The highest BCUT2D eigenvalue weighted by Crippen LogP contribution is 2.16. The van der Waals surface area contributed by atoms with Crippen LogP contribution in [0, 0.1) is 5.92 Å². The van der Waals surface area contributed by atoms with Crippen LogP contribution in [0.25, 0.3) is 0 Å². The fourth-order valence-electron chi connectivity index (χ4n) is 2.93. The second kappa shape index (κ2) is 6.39. The molecule has 2 heterocycles. The molecule has 0 spiro atoms. The van der Waals surface area contributed by atoms with Crippen LogP contribution in [0.1, 0.15) is 30.5 Å². The summed E-state index contributed by atoms with van der Waals surface area (Å²) in [5.41, 5.74) is 2.06. The summed E-state index contributed by atoms with van der Waals surface area (Å²) in [5, 5.41) is 7.30. The van der Waals surface area contributed by atoms with Gasteiger partial charge < -0.3 is 10.1 Å². The average Bonchev–Trinajstić information content (AvgIpc) is 3.02. The Kier molecular flexibility index (Phi) is 4.34. The van der Waals surface area contributed by atoms with Crippen molar-refractivity contribution in [3.63, 3.8) is 0 Å². The molecule has 6 heteroatoms. The average molecular weight is 291 g/mol. The van der Waals surface area contributed by atoms with Gasteiger partial charge in [-0.1, -0.05) is 0 Å². The molecule has 1 N–H and O–H groups in total. The van der Waals surface area contributed by atoms with Crippen molar-refractivity contribution in [3.05, 3.63) is 27.7 Å². The summed E-state index contributed by atoms with van der Waals surface area (Å²) in [6.07, 6.45) is 4.95. The Labute approximate surface area is 123 Å². The largest absolute Gasteiger partial charge is 0.381 e. The molecule has 0 bridgehead atoms. The van der Waals surface area contributed by atoms with Crippen LogP contribution in [0.3, 0.4) is 0 Å². The minimum Gasteiger partial charge on any atom is -0.381 e. The van der Waals surface area contributed by atoms with Crippen LogP contribution in [-0.2, 0) is 28.9 Å². The van der Waals surface area contributed by atoms with Gasteiger partial charge in [0.25, 0.3) is 5.56 Å². The lowest BCUT2D eigenvalue weighted by atomic mass is 9.97. The predicted molar refractivity (Wildman–Crippen MR) is 77.1 cm³/mol. The van der Waals surface area contributed by atoms with Gasteiger partial charge in [0.2, 0.25) is 5.91 Å². The highest BCUT2D eigenvalue weighted by Gasteiger charge is 2.23. The summed E-state index contributed by atoms with van der Waals surface area (Å²) < 4.78 is 6.66. The number of nitrogens with zero attached hydrogens (tertiary/aromatic N) is 2. The number of rotatable bonds is 4. The summed E-state index contributed by atoms with van der Waals surface area (Å²) in [6.45, 7) is 2.01. The summed E-state index contributed by atoms with van der Waals surface area (Å²) in [5.74, 6) is -0.0308. The van der Waals surface area contributed by atoms with Gasteiger partial charge >= 0.3 is 0 Å². The molecule has 1 unspecified atom stereocenters. The number of hydrogen-bond acceptors (Lipinski definition) is 4. The van der Waals surface area contributed by atoms with Gasteiger partial charge in [0.15, 0.2) is 0 Å². The van der Waals surface area contributed by atoms with Crippen LogP contribution >= 0.6 is 0 Å². The van der Waals surface area contributed by atoms with Crippen molar-refractivity contribution in [2.24, 2.45) is 5.92 Å². The van der Waals surface area contributed by atoms with E-state index < -0.39 is 0 Å². The van der Waals surface area contributed by atoms with E-state index >= 15 is 0 Å². The maximum Gasteiger partial charge on any atom is 0.267 e. The Bertz CT molecular complexity index is 576. The van der Waals surface area contributed by atoms with Gasteiger partial charge in [0.1, 0.15) is 0 Å². The molecule has 1 amide bonds. The van der Waals surface area contributed by atoms with Crippen molar-refractivity contribution < 1.29 is 9.53 Å². The minimum atomic E-state index is -0.0749. The van der Waals surface area contributed by atoms with E-state index in [0.717, 1.165) is 43.4 Å². The molecule has 0 radical (unpaired) electrons. The maximum absolute atomic E-state index is 12.0. The van der Waals surface area contributed by atoms with E-state index in [9.17, 15) is 9.59 Å². The number of hydrogen-bond donors (Lipinski definition) is 1. The third-order valence-corrected chi connectivity index (χ3v) is 4.20. The monoisotopic (exact) mass is 291 g/mol. The van der Waals surface area contributed by atoms with E-state index in [4.69, 9.17) is 4.74 Å². The van der Waals surface area contributed by atoms with Gasteiger partial charge in [-0.2, -0.15) is 5.10 Å². The van der Waals surface area contributed by atoms with Crippen LogP contribution in [-0.4, -0.2) is 35.4 Å². The fraction of sp³-hybridized carbons (Fsp3) is 0.667. The third kappa shape index (κ3) is 3.32. The molecule has 1 atom stereocenters. The maximum atomic E-state index is 12.0. The van der Waals surface area contributed by atoms with E-state index in [-0.39, 0.29) is 17.4 Å². The molecule has 1 saturated heterocycles. The molecule has 1 aromatic heterocycles. The first-order chi connectivity index (χ1) is 10.2. The van der Waals surface area contributed by atoms with E-state index in [2.05, 4.69) is 10.4 Å². The summed E-state index contributed by atoms with van der Waals surface area (Å²) in [4.78, 5) is 23.8. The zero-order valence-corrected chi connectivity index (χ0v) is 12.1. The molecule has 3 rings (SSSR count). The molecule has 2 aliphatic rings. The van der Waals surface area contributed by atoms with Crippen molar-refractivity contribution in [3.8, 4) is 0 Å². The smallest absolute Gasteiger partial charge is 0.267 e. The lowest BCUT2D eigenvalue weighted by molar-refractivity contribution is -0.124. The second-order valence-corrected chi connectivity index (χ2v) is 5.74. The number of nitrogens with one attached hydrogen (secondary N) is 1. The number of carbonyl (C=O) groups excluding carboxylic acids is 1. The Balaban J connectivity index is 1.57. The summed E-state index contributed by atoms with van der Waals surface area (Å²) in [6, 6.07) is 1.70. The molecule has 1 aliphatic carbocycles. The number of aryl methyl sites for hydroxylation is 2. The molecule has 1 aromatic rings. The fourth-order valence-corrected chi connectivity index (χ4v) is 2.93. The molecular weight excluding hydrogens is 270 g/mol. The quantitative estimate of drug-likeness (QED) is 0.864. The molecule has 0 aromatic carbocycles. The zero-order valence-electron chi connectivity index (χ0n) is 12.1. The van der Waals surface area contributed by atoms with Gasteiger partial charge in [-0.05, 0) is 37.7 Å². The molecule has 6 nitrogen and oxygen atoms in total. The van der Waals surface area contributed by atoms with Crippen molar-refractivity contribution in [1.29, 1.82) is 0 Å². The Hall–Kier alpha value is -1.69. The zero-order chi connectivity index (χ0) is 14.7. The normalized spacial score (nSPS) is 21.0. The predicted octanol–water partition coefficient (Wildman–Crippen LogP) is 0.275. The van der Waals surface area contributed by atoms with Gasteiger partial charge in [0, 0.05) is 19.2 Å². The third-order valence-electron chi connectivity index (χ3n) is 4.20. The van der Waals surface area contributed by atoms with Crippen LogP contribution in [0.4, 0.5) is 0 Å². The number of amides is 1. The van der Waals surface area contributed by atoms with Gasteiger partial charge in [-0.25, -0.2) is 4.68 Å². The van der Waals surface area contributed by atoms with Gasteiger partial charge in [-0.3, -0.25) is 9.59 Å². The lowest BCUT2D eigenvalue weighted by Gasteiger charge is -2.16. The number of ether oxygens (including phenoxy) is 1. The van der Waals surface area contributed by atoms with Crippen molar-refractivity contribution in [2.75, 3.05) is 19.8 Å². The van der Waals surface area contributed by atoms with Crippen molar-refractivity contribution in [2.45, 2.75) is 38.6 Å². The first-order valence-corrected chi connectivity index (χ1v) is 7.69. The standard InChI is InChI=1S/C15H21N3O3/c19-14-9-11-3-1-2-4-13(11)17-18(14)7-6-16-15(20)12-5-8-21-10-12/h9,12H,1-8,10H2,(H,16,20). The summed E-state index contributed by atoms with van der Waals surface area (Å²) in [7, 11) is 0. The van der Waals surface area contributed by atoms with E-state index in [1.54, 1.807) is 6.07 Å². The van der Waals surface area contributed by atoms with E-state index in [1.807, 2.05) is 0 Å². The number of fused-ring (bicyclic) bond motifs is 1. The Morgan fingerprint density at radius 2 is 2.29 bits per heavy atom. The van der Waals surface area contributed by atoms with Crippen LogP contribution in [0.2, 0.25) is 0 Å². The first kappa shape index (κ1) is 14.3. The number of aromatic nitrogens is 2. The van der Waals surface area contributed by atoms with Gasteiger partial charge in [0.05, 0.1) is 24.8 Å². The molecule has 1 aliphatic heterocycles. The molecular formula is C15H21N3O3. The highest BCUT2D eigenvalue weighted by atomic mass is 16.5. The first-order valence-electron chi connectivity index (χ1n) is 7.69. The summed E-state index contributed by atoms with van der Waals surface area (Å²) >= 11 is 0. The minimum absolute atomic E-state index is 0.0125. The van der Waals surface area contributed by atoms with Crippen LogP contribution in [0.5, 0.6) is 0 Å². The van der Waals surface area contributed by atoms with Crippen molar-refractivity contribution in [1.82, 2.24) is 15.1 Å². The van der Waals surface area contributed by atoms with Crippen LogP contribution < -0.4 is 10.9 Å². The van der Waals surface area contributed by atoms with E-state index in [0.29, 0.717) is 26.3 Å². The molecule has 1 fully saturated rings. The molecule has 0 saturated carbocycles. The number of carbonyl (C=O) groups is 1. The Morgan fingerprint density at radius 3 is 3.10 bits per heavy atom. The molecule has 114 valence electrons. The highest BCUT2D eigenvalue weighted by molar-refractivity contribution is 5.78. The Morgan fingerprint density at radius 1 is 1.43 bits per heavy atom. The lowest BCUT2D eigenvalue weighted by Crippen LogP contribution is -2.36. The SMILES string of the molecule is O=C(NCCn1nc2c(cc1=O)CCCC2)C1CCOC1.